The van der Waals surface area contributed by atoms with Crippen molar-refractivity contribution in [1.82, 2.24) is 5.32 Å². The highest BCUT2D eigenvalue weighted by molar-refractivity contribution is 5.34. The van der Waals surface area contributed by atoms with E-state index >= 15 is 0 Å². The topological polar surface area (TPSA) is 21.3 Å². The van der Waals surface area contributed by atoms with Crippen LogP contribution >= 0.6 is 0 Å². The molecule has 0 fully saturated rings. The largest absolute Gasteiger partial charge is 0.372 e. The number of rotatable bonds is 4. The molecule has 1 N–H and O–H groups in total. The molecule has 0 bridgehead atoms. The summed E-state index contributed by atoms with van der Waals surface area (Å²) in [5.74, 6) is 0. The summed E-state index contributed by atoms with van der Waals surface area (Å²) >= 11 is 0. The second-order valence-corrected chi connectivity index (χ2v) is 4.15. The molecular weight excluding hydrogens is 186 g/mol. The van der Waals surface area contributed by atoms with E-state index in [1.165, 1.54) is 29.5 Å². The fourth-order valence-electron chi connectivity index (χ4n) is 2.18. The van der Waals surface area contributed by atoms with Gasteiger partial charge in [-0.15, -0.1) is 0 Å². The highest BCUT2D eigenvalue weighted by Gasteiger charge is 2.14. The van der Waals surface area contributed by atoms with E-state index in [9.17, 15) is 0 Å². The van der Waals surface area contributed by atoms with Crippen LogP contribution in [0.15, 0.2) is 18.2 Å². The third kappa shape index (κ3) is 2.21. The van der Waals surface area contributed by atoms with Crippen molar-refractivity contribution in [3.05, 3.63) is 34.9 Å². The maximum atomic E-state index is 5.42. The summed E-state index contributed by atoms with van der Waals surface area (Å²) in [5, 5.41) is 3.37. The van der Waals surface area contributed by atoms with Gasteiger partial charge in [-0.05, 0) is 30.2 Å². The van der Waals surface area contributed by atoms with E-state index < -0.39 is 0 Å². The van der Waals surface area contributed by atoms with Crippen LogP contribution in [0.2, 0.25) is 0 Å². The zero-order valence-electron chi connectivity index (χ0n) is 9.55. The van der Waals surface area contributed by atoms with Gasteiger partial charge in [-0.2, -0.15) is 0 Å². The zero-order valence-corrected chi connectivity index (χ0v) is 9.55. The Hall–Kier alpha value is -0.860. The third-order valence-corrected chi connectivity index (χ3v) is 3.07. The monoisotopic (exact) mass is 205 g/mol. The summed E-state index contributed by atoms with van der Waals surface area (Å²) in [6.07, 6.45) is 2.40. The number of fused-ring (bicyclic) bond motifs is 1. The van der Waals surface area contributed by atoms with Crippen molar-refractivity contribution < 1.29 is 4.74 Å². The van der Waals surface area contributed by atoms with E-state index in [-0.39, 0.29) is 0 Å². The Labute approximate surface area is 91.6 Å². The number of benzene rings is 1. The van der Waals surface area contributed by atoms with Crippen LogP contribution in [-0.4, -0.2) is 7.05 Å². The van der Waals surface area contributed by atoms with Gasteiger partial charge in [-0.3, -0.25) is 0 Å². The number of ether oxygens (including phenoxy) is 1. The molecule has 1 aromatic carbocycles. The summed E-state index contributed by atoms with van der Waals surface area (Å²) in [5.41, 5.74) is 4.11. The lowest BCUT2D eigenvalue weighted by Gasteiger charge is -2.16. The van der Waals surface area contributed by atoms with Crippen molar-refractivity contribution >= 4 is 0 Å². The van der Waals surface area contributed by atoms with Crippen molar-refractivity contribution in [2.75, 3.05) is 7.05 Å². The normalized spacial score (nSPS) is 16.4. The van der Waals surface area contributed by atoms with Crippen molar-refractivity contribution in [3.8, 4) is 0 Å². The van der Waals surface area contributed by atoms with Crippen LogP contribution in [-0.2, 0) is 18.0 Å². The number of nitrogens with one attached hydrogen (secondary N) is 1. The molecular formula is C13H19NO. The molecule has 1 atom stereocenters. The summed E-state index contributed by atoms with van der Waals surface area (Å²) in [7, 11) is 2.03. The van der Waals surface area contributed by atoms with E-state index in [1.807, 2.05) is 7.05 Å². The Morgan fingerprint density at radius 1 is 1.33 bits per heavy atom. The molecule has 0 saturated heterocycles. The number of hydrogen-bond donors (Lipinski definition) is 1. The molecule has 82 valence electrons. The van der Waals surface area contributed by atoms with Gasteiger partial charge in [0.05, 0.1) is 13.2 Å². The Balaban J connectivity index is 2.20. The molecule has 0 aliphatic carbocycles. The quantitative estimate of drug-likeness (QED) is 0.816. The van der Waals surface area contributed by atoms with E-state index in [2.05, 4.69) is 30.4 Å². The third-order valence-electron chi connectivity index (χ3n) is 3.07. The maximum Gasteiger partial charge on any atom is 0.0725 e. The minimum absolute atomic E-state index is 0.487. The molecule has 2 nitrogen and oxygen atoms in total. The Morgan fingerprint density at radius 3 is 2.87 bits per heavy atom. The van der Waals surface area contributed by atoms with Crippen LogP contribution in [0.4, 0.5) is 0 Å². The fraction of sp³-hybridized carbons (Fsp3) is 0.538. The highest BCUT2D eigenvalue weighted by Crippen LogP contribution is 2.25. The molecule has 0 amide bonds. The van der Waals surface area contributed by atoms with E-state index in [0.717, 1.165) is 13.2 Å². The van der Waals surface area contributed by atoms with E-state index in [4.69, 9.17) is 4.74 Å². The van der Waals surface area contributed by atoms with Gasteiger partial charge in [0.1, 0.15) is 0 Å². The lowest BCUT2D eigenvalue weighted by molar-refractivity contribution is 0.134. The van der Waals surface area contributed by atoms with Gasteiger partial charge < -0.3 is 10.1 Å². The van der Waals surface area contributed by atoms with Gasteiger partial charge in [0.2, 0.25) is 0 Å². The first-order valence-electron chi connectivity index (χ1n) is 5.72. The van der Waals surface area contributed by atoms with Crippen LogP contribution in [0.3, 0.4) is 0 Å². The van der Waals surface area contributed by atoms with Crippen LogP contribution in [0.1, 0.15) is 42.5 Å². The van der Waals surface area contributed by atoms with Crippen molar-refractivity contribution in [1.29, 1.82) is 0 Å². The molecule has 1 heterocycles. The molecule has 0 saturated carbocycles. The lowest BCUT2D eigenvalue weighted by atomic mass is 9.98. The highest BCUT2D eigenvalue weighted by atomic mass is 16.5. The molecule has 0 aromatic heterocycles. The van der Waals surface area contributed by atoms with Crippen molar-refractivity contribution in [3.63, 3.8) is 0 Å². The number of hydrogen-bond acceptors (Lipinski definition) is 2. The summed E-state index contributed by atoms with van der Waals surface area (Å²) in [4.78, 5) is 0. The van der Waals surface area contributed by atoms with E-state index in [0.29, 0.717) is 6.04 Å². The van der Waals surface area contributed by atoms with Crippen LogP contribution in [0.25, 0.3) is 0 Å². The molecule has 2 rings (SSSR count). The molecule has 0 spiro atoms. The first kappa shape index (κ1) is 10.7. The SMILES string of the molecule is CCCC(NC)c1ccc2c(c1)COC2. The first-order valence-corrected chi connectivity index (χ1v) is 5.72. The van der Waals surface area contributed by atoms with Crippen LogP contribution < -0.4 is 5.32 Å². The zero-order chi connectivity index (χ0) is 10.7. The molecule has 0 radical (unpaired) electrons. The van der Waals surface area contributed by atoms with Gasteiger partial charge in [0.15, 0.2) is 0 Å². The average Bonchev–Trinajstić information content (AvgIpc) is 2.72. The molecule has 1 unspecified atom stereocenters. The van der Waals surface area contributed by atoms with Crippen molar-refractivity contribution in [2.45, 2.75) is 39.0 Å². The summed E-state index contributed by atoms with van der Waals surface area (Å²) < 4.78 is 5.42. The smallest absolute Gasteiger partial charge is 0.0725 e. The minimum Gasteiger partial charge on any atom is -0.372 e. The lowest BCUT2D eigenvalue weighted by Crippen LogP contribution is -2.16. The predicted octanol–water partition coefficient (Wildman–Crippen LogP) is 2.78. The van der Waals surface area contributed by atoms with Gasteiger partial charge in [0.25, 0.3) is 0 Å². The maximum absolute atomic E-state index is 5.42. The summed E-state index contributed by atoms with van der Waals surface area (Å²) in [6, 6.07) is 7.21. The first-order chi connectivity index (χ1) is 7.35. The van der Waals surface area contributed by atoms with Crippen molar-refractivity contribution in [2.24, 2.45) is 0 Å². The Bertz CT molecular complexity index is 335. The predicted molar refractivity (Wildman–Crippen MR) is 61.6 cm³/mol. The minimum atomic E-state index is 0.487. The average molecular weight is 205 g/mol. The standard InChI is InChI=1S/C13H19NO/c1-3-4-13(14-2)10-5-6-11-8-15-9-12(11)7-10/h5-7,13-14H,3-4,8-9H2,1-2H3. The van der Waals surface area contributed by atoms with Gasteiger partial charge in [0, 0.05) is 6.04 Å². The fourth-order valence-corrected chi connectivity index (χ4v) is 2.18. The molecule has 1 aliphatic rings. The summed E-state index contributed by atoms with van der Waals surface area (Å²) in [6.45, 7) is 3.79. The van der Waals surface area contributed by atoms with Crippen LogP contribution in [0, 0.1) is 0 Å². The van der Waals surface area contributed by atoms with Gasteiger partial charge in [-0.25, -0.2) is 0 Å². The Morgan fingerprint density at radius 2 is 2.13 bits per heavy atom. The molecule has 15 heavy (non-hydrogen) atoms. The van der Waals surface area contributed by atoms with Crippen LogP contribution in [0.5, 0.6) is 0 Å². The molecule has 1 aliphatic heterocycles. The van der Waals surface area contributed by atoms with E-state index in [1.54, 1.807) is 0 Å². The molecule has 2 heteroatoms. The van der Waals surface area contributed by atoms with Gasteiger partial charge >= 0.3 is 0 Å². The van der Waals surface area contributed by atoms with Gasteiger partial charge in [-0.1, -0.05) is 31.5 Å². The second kappa shape index (κ2) is 4.77. The Kier molecular flexibility index (Phi) is 3.39. The molecule has 1 aromatic rings. The second-order valence-electron chi connectivity index (χ2n) is 4.15.